The Hall–Kier alpha value is -0.300. The van der Waals surface area contributed by atoms with E-state index in [0.717, 1.165) is 0 Å². The maximum atomic E-state index is 10.7. The molecule has 0 fully saturated rings. The van der Waals surface area contributed by atoms with Crippen molar-refractivity contribution in [1.82, 2.24) is 0 Å². The minimum Gasteiger partial charge on any atom is -0.279 e. The highest BCUT2D eigenvalue weighted by Crippen LogP contribution is 2.20. The van der Waals surface area contributed by atoms with Gasteiger partial charge < -0.3 is 0 Å². The first-order valence-corrected chi connectivity index (χ1v) is 4.64. The van der Waals surface area contributed by atoms with Gasteiger partial charge in [0, 0.05) is 0 Å². The van der Waals surface area contributed by atoms with E-state index in [2.05, 4.69) is 13.8 Å². The summed E-state index contributed by atoms with van der Waals surface area (Å²) in [6.45, 7) is 4.36. The highest BCUT2D eigenvalue weighted by atomic mass is 32.2. The molecule has 0 aromatic rings. The SMILES string of the molecule is CCCC.O=S(=O)(O)C(F)(F)F. The lowest BCUT2D eigenvalue weighted by molar-refractivity contribution is -0.0510. The minimum absolute atomic E-state index is 1.32. The van der Waals surface area contributed by atoms with Crippen LogP contribution in [0.2, 0.25) is 0 Å². The van der Waals surface area contributed by atoms with E-state index in [9.17, 15) is 13.2 Å². The number of alkyl halides is 3. The third-order valence-corrected chi connectivity index (χ3v) is 1.38. The van der Waals surface area contributed by atoms with Gasteiger partial charge in [0.15, 0.2) is 0 Å². The number of hydrogen-bond donors (Lipinski definition) is 1. The molecule has 3 nitrogen and oxygen atoms in total. The van der Waals surface area contributed by atoms with E-state index in [1.165, 1.54) is 12.8 Å². The molecule has 0 aromatic carbocycles. The van der Waals surface area contributed by atoms with Gasteiger partial charge in [-0.15, -0.1) is 0 Å². The molecule has 0 radical (unpaired) electrons. The summed E-state index contributed by atoms with van der Waals surface area (Å²) >= 11 is 0. The van der Waals surface area contributed by atoms with Crippen molar-refractivity contribution >= 4 is 10.1 Å². The standard InChI is InChI=1S/C4H10.CHF3O3S/c1-3-4-2;2-1(3,4)8(5,6)7/h3-4H2,1-2H3;(H,5,6,7). The molecule has 0 atom stereocenters. The second-order valence-electron chi connectivity index (χ2n) is 1.92. The molecule has 0 aliphatic heterocycles. The number of hydrogen-bond acceptors (Lipinski definition) is 2. The first-order chi connectivity index (χ1) is 5.16. The lowest BCUT2D eigenvalue weighted by atomic mass is 10.4. The van der Waals surface area contributed by atoms with Crippen LogP contribution in [0, 0.1) is 0 Å². The Bertz CT molecular complexity index is 192. The van der Waals surface area contributed by atoms with Crippen LogP contribution in [0.25, 0.3) is 0 Å². The lowest BCUT2D eigenvalue weighted by Crippen LogP contribution is -2.21. The second kappa shape index (κ2) is 5.36. The van der Waals surface area contributed by atoms with Gasteiger partial charge >= 0.3 is 15.6 Å². The summed E-state index contributed by atoms with van der Waals surface area (Å²) in [6.07, 6.45) is 2.64. The van der Waals surface area contributed by atoms with Crippen molar-refractivity contribution in [3.05, 3.63) is 0 Å². The summed E-state index contributed by atoms with van der Waals surface area (Å²) in [4.78, 5) is 0. The Balaban J connectivity index is 0. The average Bonchev–Trinajstić information content (AvgIpc) is 1.84. The monoisotopic (exact) mass is 208 g/mol. The fourth-order valence-corrected chi connectivity index (χ4v) is 0. The van der Waals surface area contributed by atoms with Crippen LogP contribution in [0.4, 0.5) is 13.2 Å². The largest absolute Gasteiger partial charge is 0.522 e. The van der Waals surface area contributed by atoms with Crippen LogP contribution in [-0.2, 0) is 10.1 Å². The first kappa shape index (κ1) is 14.2. The normalized spacial score (nSPS) is 11.8. The summed E-state index contributed by atoms with van der Waals surface area (Å²) in [5.74, 6) is 0. The molecule has 0 aromatic heterocycles. The molecule has 0 saturated carbocycles. The number of unbranched alkanes of at least 4 members (excludes halogenated alkanes) is 1. The van der Waals surface area contributed by atoms with Crippen molar-refractivity contribution < 1.29 is 26.1 Å². The molecule has 0 heterocycles. The second-order valence-corrected chi connectivity index (χ2v) is 3.33. The van der Waals surface area contributed by atoms with Crippen LogP contribution in [0.1, 0.15) is 26.7 Å². The van der Waals surface area contributed by atoms with E-state index in [4.69, 9.17) is 13.0 Å². The summed E-state index contributed by atoms with van der Waals surface area (Å²) < 4.78 is 57.5. The summed E-state index contributed by atoms with van der Waals surface area (Å²) in [7, 11) is -5.84. The van der Waals surface area contributed by atoms with E-state index < -0.39 is 15.6 Å². The first-order valence-electron chi connectivity index (χ1n) is 3.20. The smallest absolute Gasteiger partial charge is 0.279 e. The molecule has 0 saturated heterocycles. The van der Waals surface area contributed by atoms with Gasteiger partial charge in [-0.25, -0.2) is 0 Å². The lowest BCUT2D eigenvalue weighted by Gasteiger charge is -1.97. The van der Waals surface area contributed by atoms with Gasteiger partial charge in [-0.2, -0.15) is 21.6 Å². The zero-order chi connectivity index (χ0) is 10.4. The van der Waals surface area contributed by atoms with Crippen molar-refractivity contribution in [3.8, 4) is 0 Å². The molecule has 76 valence electrons. The van der Waals surface area contributed by atoms with E-state index in [1.807, 2.05) is 0 Å². The summed E-state index contributed by atoms with van der Waals surface area (Å²) in [6, 6.07) is 0. The number of rotatable bonds is 1. The maximum absolute atomic E-state index is 10.7. The molecule has 0 aliphatic carbocycles. The van der Waals surface area contributed by atoms with Crippen molar-refractivity contribution in [2.45, 2.75) is 32.2 Å². The van der Waals surface area contributed by atoms with Crippen LogP contribution in [0.15, 0.2) is 0 Å². The molecule has 0 bridgehead atoms. The van der Waals surface area contributed by atoms with Crippen LogP contribution >= 0.6 is 0 Å². The highest BCUT2D eigenvalue weighted by molar-refractivity contribution is 7.86. The molecular weight excluding hydrogens is 197 g/mol. The van der Waals surface area contributed by atoms with Gasteiger partial charge in [0.05, 0.1) is 0 Å². The topological polar surface area (TPSA) is 54.4 Å². The van der Waals surface area contributed by atoms with Crippen LogP contribution in [-0.4, -0.2) is 18.5 Å². The van der Waals surface area contributed by atoms with Gasteiger partial charge in [-0.1, -0.05) is 26.7 Å². The van der Waals surface area contributed by atoms with Crippen molar-refractivity contribution in [2.24, 2.45) is 0 Å². The molecule has 0 amide bonds. The Kier molecular flexibility index (Phi) is 6.36. The average molecular weight is 208 g/mol. The van der Waals surface area contributed by atoms with Crippen LogP contribution < -0.4 is 0 Å². The van der Waals surface area contributed by atoms with Gasteiger partial charge in [-0.3, -0.25) is 4.55 Å². The van der Waals surface area contributed by atoms with Crippen molar-refractivity contribution in [2.75, 3.05) is 0 Å². The van der Waals surface area contributed by atoms with Crippen LogP contribution in [0.3, 0.4) is 0 Å². The predicted molar refractivity (Wildman–Crippen MR) is 38.2 cm³/mol. The molecule has 1 N–H and O–H groups in total. The molecular formula is C5H11F3O3S. The molecule has 7 heteroatoms. The molecule has 0 unspecified atom stereocenters. The summed E-state index contributed by atoms with van der Waals surface area (Å²) in [5, 5.41) is 0. The van der Waals surface area contributed by atoms with Crippen molar-refractivity contribution in [1.29, 1.82) is 0 Å². The highest BCUT2D eigenvalue weighted by Gasteiger charge is 2.44. The molecule has 0 spiro atoms. The Morgan fingerprint density at radius 3 is 1.33 bits per heavy atom. The molecule has 12 heavy (non-hydrogen) atoms. The third kappa shape index (κ3) is 7.80. The van der Waals surface area contributed by atoms with Gasteiger partial charge in [0.1, 0.15) is 0 Å². The number of halogens is 3. The van der Waals surface area contributed by atoms with Crippen LogP contribution in [0.5, 0.6) is 0 Å². The van der Waals surface area contributed by atoms with Crippen molar-refractivity contribution in [3.63, 3.8) is 0 Å². The minimum atomic E-state index is -5.84. The Morgan fingerprint density at radius 1 is 1.17 bits per heavy atom. The van der Waals surface area contributed by atoms with Gasteiger partial charge in [0.25, 0.3) is 0 Å². The predicted octanol–water partition coefficient (Wildman–Crippen LogP) is 2.20. The van der Waals surface area contributed by atoms with E-state index in [1.54, 1.807) is 0 Å². The third-order valence-electron chi connectivity index (χ3n) is 0.792. The van der Waals surface area contributed by atoms with E-state index in [-0.39, 0.29) is 0 Å². The van der Waals surface area contributed by atoms with Gasteiger partial charge in [0.2, 0.25) is 0 Å². The van der Waals surface area contributed by atoms with E-state index >= 15 is 0 Å². The maximum Gasteiger partial charge on any atom is 0.522 e. The zero-order valence-electron chi connectivity index (χ0n) is 6.72. The van der Waals surface area contributed by atoms with Gasteiger partial charge in [-0.05, 0) is 0 Å². The zero-order valence-corrected chi connectivity index (χ0v) is 7.54. The fraction of sp³-hybridized carbons (Fsp3) is 1.00. The molecule has 0 rings (SSSR count). The quantitative estimate of drug-likeness (QED) is 0.531. The Morgan fingerprint density at radius 2 is 1.33 bits per heavy atom. The fourth-order valence-electron chi connectivity index (χ4n) is 0. The summed E-state index contributed by atoms with van der Waals surface area (Å²) in [5.41, 5.74) is -5.53. The molecule has 0 aliphatic rings. The Labute approximate surface area is 69.3 Å². The van der Waals surface area contributed by atoms with E-state index in [0.29, 0.717) is 0 Å².